The Hall–Kier alpha value is -3.02. The van der Waals surface area contributed by atoms with Crippen LogP contribution >= 0.6 is 0 Å². The van der Waals surface area contributed by atoms with Crippen LogP contribution in [0.4, 0.5) is 4.39 Å². The molecule has 0 saturated carbocycles. The average Bonchev–Trinajstić information content (AvgIpc) is 2.57. The molecule has 23 heavy (non-hydrogen) atoms. The van der Waals surface area contributed by atoms with Crippen molar-refractivity contribution in [1.82, 2.24) is 10.7 Å². The average molecular weight is 313 g/mol. The highest BCUT2D eigenvalue weighted by Crippen LogP contribution is 2.02. The first-order chi connectivity index (χ1) is 11.2. The van der Waals surface area contributed by atoms with E-state index in [1.54, 1.807) is 42.5 Å². The third-order valence-corrected chi connectivity index (χ3v) is 2.97. The topological polar surface area (TPSA) is 70.6 Å². The lowest BCUT2D eigenvalue weighted by atomic mass is 10.2. The highest BCUT2D eigenvalue weighted by molar-refractivity contribution is 5.94. The molecule has 0 aliphatic carbocycles. The predicted molar refractivity (Wildman–Crippen MR) is 85.5 cm³/mol. The summed E-state index contributed by atoms with van der Waals surface area (Å²) in [6, 6.07) is 14.8. The number of carbonyl (C=O) groups is 2. The van der Waals surface area contributed by atoms with E-state index in [-0.39, 0.29) is 30.3 Å². The van der Waals surface area contributed by atoms with Gasteiger partial charge in [0.15, 0.2) is 0 Å². The van der Waals surface area contributed by atoms with Crippen molar-refractivity contribution in [2.24, 2.45) is 5.10 Å². The Morgan fingerprint density at radius 3 is 2.48 bits per heavy atom. The minimum absolute atomic E-state index is 0.0766. The summed E-state index contributed by atoms with van der Waals surface area (Å²) in [5.74, 6) is -1.03. The molecule has 0 aromatic heterocycles. The van der Waals surface area contributed by atoms with E-state index in [0.717, 1.165) is 0 Å². The van der Waals surface area contributed by atoms with Gasteiger partial charge < -0.3 is 5.32 Å². The molecule has 0 fully saturated rings. The molecule has 6 heteroatoms. The van der Waals surface area contributed by atoms with Crippen LogP contribution in [0.3, 0.4) is 0 Å². The lowest BCUT2D eigenvalue weighted by Gasteiger charge is -2.04. The lowest BCUT2D eigenvalue weighted by molar-refractivity contribution is -0.120. The van der Waals surface area contributed by atoms with E-state index >= 15 is 0 Å². The van der Waals surface area contributed by atoms with Crippen molar-refractivity contribution in [2.45, 2.75) is 6.42 Å². The van der Waals surface area contributed by atoms with E-state index in [2.05, 4.69) is 15.8 Å². The molecule has 0 aliphatic rings. The molecule has 118 valence electrons. The number of halogens is 1. The summed E-state index contributed by atoms with van der Waals surface area (Å²) in [6.45, 7) is 0.189. The number of hydrogen-bond donors (Lipinski definition) is 2. The van der Waals surface area contributed by atoms with Gasteiger partial charge in [0.25, 0.3) is 5.91 Å². The fourth-order valence-corrected chi connectivity index (χ4v) is 1.79. The van der Waals surface area contributed by atoms with Gasteiger partial charge in [0, 0.05) is 24.1 Å². The van der Waals surface area contributed by atoms with Crippen molar-refractivity contribution in [3.8, 4) is 0 Å². The molecule has 0 bridgehead atoms. The Labute approximate surface area is 133 Å². The quantitative estimate of drug-likeness (QED) is 0.633. The first kappa shape index (κ1) is 16.4. The van der Waals surface area contributed by atoms with Crippen molar-refractivity contribution in [2.75, 3.05) is 6.54 Å². The van der Waals surface area contributed by atoms with Gasteiger partial charge in [0.05, 0.1) is 6.21 Å². The molecule has 2 rings (SSSR count). The highest BCUT2D eigenvalue weighted by Gasteiger charge is 2.05. The van der Waals surface area contributed by atoms with Gasteiger partial charge in [-0.25, -0.2) is 9.82 Å². The Morgan fingerprint density at radius 2 is 1.74 bits per heavy atom. The molecular formula is C17H16FN3O2. The zero-order valence-electron chi connectivity index (χ0n) is 12.3. The number of rotatable bonds is 6. The monoisotopic (exact) mass is 313 g/mol. The van der Waals surface area contributed by atoms with Gasteiger partial charge in [-0.1, -0.05) is 36.4 Å². The maximum Gasteiger partial charge on any atom is 0.251 e. The smallest absolute Gasteiger partial charge is 0.251 e. The van der Waals surface area contributed by atoms with Crippen LogP contribution < -0.4 is 10.7 Å². The Balaban J connectivity index is 1.71. The van der Waals surface area contributed by atoms with Crippen LogP contribution in [0.1, 0.15) is 22.3 Å². The van der Waals surface area contributed by atoms with E-state index in [1.165, 1.54) is 12.3 Å². The zero-order valence-corrected chi connectivity index (χ0v) is 12.3. The minimum Gasteiger partial charge on any atom is -0.352 e. The normalized spacial score (nSPS) is 10.5. The molecule has 2 N–H and O–H groups in total. The Bertz CT molecular complexity index is 702. The Morgan fingerprint density at radius 1 is 1.04 bits per heavy atom. The molecule has 2 aromatic carbocycles. The number of hydrazone groups is 1. The third-order valence-electron chi connectivity index (χ3n) is 2.97. The van der Waals surface area contributed by atoms with E-state index < -0.39 is 5.82 Å². The van der Waals surface area contributed by atoms with Crippen LogP contribution in [0, 0.1) is 5.82 Å². The maximum absolute atomic E-state index is 13.3. The van der Waals surface area contributed by atoms with Crippen molar-refractivity contribution in [1.29, 1.82) is 0 Å². The molecule has 0 heterocycles. The van der Waals surface area contributed by atoms with Gasteiger partial charge >= 0.3 is 0 Å². The summed E-state index contributed by atoms with van der Waals surface area (Å²) in [6.07, 6.45) is 1.31. The third kappa shape index (κ3) is 5.35. The van der Waals surface area contributed by atoms with E-state index in [9.17, 15) is 14.0 Å². The van der Waals surface area contributed by atoms with Crippen molar-refractivity contribution in [3.63, 3.8) is 0 Å². The maximum atomic E-state index is 13.3. The molecule has 0 aliphatic heterocycles. The molecule has 0 unspecified atom stereocenters. The fraction of sp³-hybridized carbons (Fsp3) is 0.118. The molecule has 2 aromatic rings. The van der Waals surface area contributed by atoms with Crippen LogP contribution in [0.15, 0.2) is 59.7 Å². The molecule has 0 radical (unpaired) electrons. The molecule has 2 amide bonds. The van der Waals surface area contributed by atoms with Crippen LogP contribution in [0.25, 0.3) is 0 Å². The van der Waals surface area contributed by atoms with Gasteiger partial charge in [0.2, 0.25) is 5.91 Å². The second-order valence-electron chi connectivity index (χ2n) is 4.69. The number of carbonyl (C=O) groups excluding carboxylic acids is 2. The van der Waals surface area contributed by atoms with Gasteiger partial charge in [-0.05, 0) is 18.2 Å². The zero-order chi connectivity index (χ0) is 16.5. The number of nitrogens with zero attached hydrogens (tertiary/aromatic N) is 1. The summed E-state index contributed by atoms with van der Waals surface area (Å²) in [5.41, 5.74) is 3.10. The summed E-state index contributed by atoms with van der Waals surface area (Å²) in [7, 11) is 0. The van der Waals surface area contributed by atoms with Gasteiger partial charge in [-0.3, -0.25) is 9.59 Å². The summed E-state index contributed by atoms with van der Waals surface area (Å²) in [5, 5.41) is 6.32. The second-order valence-corrected chi connectivity index (χ2v) is 4.69. The minimum atomic E-state index is -0.416. The molecule has 0 saturated heterocycles. The molecule has 0 atom stereocenters. The molecule has 5 nitrogen and oxygen atoms in total. The van der Waals surface area contributed by atoms with Gasteiger partial charge in [-0.15, -0.1) is 0 Å². The number of hydrogen-bond acceptors (Lipinski definition) is 3. The van der Waals surface area contributed by atoms with Crippen LogP contribution in [0.2, 0.25) is 0 Å². The standard InChI is InChI=1S/C17H16FN3O2/c18-15-9-5-4-8-14(15)12-20-21-16(22)10-11-19-17(23)13-6-2-1-3-7-13/h1-9,12H,10-11H2,(H,19,23)(H,21,22). The van der Waals surface area contributed by atoms with E-state index in [0.29, 0.717) is 5.56 Å². The van der Waals surface area contributed by atoms with Crippen LogP contribution in [-0.2, 0) is 4.79 Å². The SMILES string of the molecule is O=C(CCNC(=O)c1ccccc1)NN=Cc1ccccc1F. The second kappa shape index (κ2) is 8.43. The van der Waals surface area contributed by atoms with Gasteiger partial charge in [0.1, 0.15) is 5.82 Å². The first-order valence-electron chi connectivity index (χ1n) is 7.06. The first-order valence-corrected chi connectivity index (χ1v) is 7.06. The largest absolute Gasteiger partial charge is 0.352 e. The lowest BCUT2D eigenvalue weighted by Crippen LogP contribution is -2.28. The van der Waals surface area contributed by atoms with E-state index in [4.69, 9.17) is 0 Å². The highest BCUT2D eigenvalue weighted by atomic mass is 19.1. The van der Waals surface area contributed by atoms with Crippen molar-refractivity contribution < 1.29 is 14.0 Å². The summed E-state index contributed by atoms with van der Waals surface area (Å²) < 4.78 is 13.3. The summed E-state index contributed by atoms with van der Waals surface area (Å²) >= 11 is 0. The number of benzene rings is 2. The fourth-order valence-electron chi connectivity index (χ4n) is 1.79. The number of amides is 2. The molecular weight excluding hydrogens is 297 g/mol. The van der Waals surface area contributed by atoms with Crippen molar-refractivity contribution >= 4 is 18.0 Å². The van der Waals surface area contributed by atoms with Gasteiger partial charge in [-0.2, -0.15) is 5.10 Å². The number of nitrogens with one attached hydrogen (secondary N) is 2. The summed E-state index contributed by atoms with van der Waals surface area (Å²) in [4.78, 5) is 23.3. The predicted octanol–water partition coefficient (Wildman–Crippen LogP) is 2.10. The van der Waals surface area contributed by atoms with Crippen molar-refractivity contribution in [3.05, 3.63) is 71.5 Å². The van der Waals surface area contributed by atoms with Crippen LogP contribution in [0.5, 0.6) is 0 Å². The Kier molecular flexibility index (Phi) is 5.99. The molecule has 0 spiro atoms. The van der Waals surface area contributed by atoms with Crippen LogP contribution in [-0.4, -0.2) is 24.6 Å². The van der Waals surface area contributed by atoms with E-state index in [1.807, 2.05) is 6.07 Å².